The zero-order valence-electron chi connectivity index (χ0n) is 15.0. The van der Waals surface area contributed by atoms with E-state index in [0.717, 1.165) is 5.56 Å². The quantitative estimate of drug-likeness (QED) is 0.614. The summed E-state index contributed by atoms with van der Waals surface area (Å²) in [5, 5.41) is 0. The molecule has 2 aromatic carbocycles. The summed E-state index contributed by atoms with van der Waals surface area (Å²) in [6.45, 7) is 1.93. The van der Waals surface area contributed by atoms with Crippen molar-refractivity contribution in [1.82, 2.24) is 4.98 Å². The summed E-state index contributed by atoms with van der Waals surface area (Å²) in [4.78, 5) is 3.86. The Morgan fingerprint density at radius 1 is 0.821 bits per heavy atom. The summed E-state index contributed by atoms with van der Waals surface area (Å²) in [6.07, 6.45) is 2.93. The van der Waals surface area contributed by atoms with Gasteiger partial charge in [0.05, 0.1) is 22.5 Å². The van der Waals surface area contributed by atoms with Crippen molar-refractivity contribution in [2.75, 3.05) is 9.44 Å². The highest BCUT2D eigenvalue weighted by molar-refractivity contribution is 7.92. The Hall–Kier alpha value is -2.91. The van der Waals surface area contributed by atoms with Crippen molar-refractivity contribution in [3.8, 4) is 0 Å². The molecule has 0 amide bonds. The second-order valence-electron chi connectivity index (χ2n) is 6.22. The summed E-state index contributed by atoms with van der Waals surface area (Å²) in [5.41, 5.74) is 2.33. The van der Waals surface area contributed by atoms with E-state index in [1.165, 1.54) is 36.7 Å². The molecular weight excluding hydrogens is 398 g/mol. The van der Waals surface area contributed by atoms with Crippen LogP contribution < -0.4 is 9.44 Å². The zero-order chi connectivity index (χ0) is 20.2. The van der Waals surface area contributed by atoms with Crippen LogP contribution in [0, 0.1) is 6.92 Å². The SMILES string of the molecule is Cc1ccc(CS(=O)(=O)Nc2ccc(S(=O)(=O)Nc3cccnc3)cc2)cc1. The topological polar surface area (TPSA) is 105 Å². The van der Waals surface area contributed by atoms with E-state index in [2.05, 4.69) is 14.4 Å². The van der Waals surface area contributed by atoms with Gasteiger partial charge in [-0.25, -0.2) is 16.8 Å². The third kappa shape index (κ3) is 5.30. The first kappa shape index (κ1) is 19.8. The summed E-state index contributed by atoms with van der Waals surface area (Å²) >= 11 is 0. The number of anilines is 2. The standard InChI is InChI=1S/C19H19N3O4S2/c1-15-4-6-16(7-5-15)14-27(23,24)21-17-8-10-19(11-9-17)28(25,26)22-18-3-2-12-20-13-18/h2-13,21-22H,14H2,1H3. The lowest BCUT2D eigenvalue weighted by molar-refractivity contribution is 0.599. The Morgan fingerprint density at radius 2 is 1.50 bits per heavy atom. The molecule has 3 rings (SSSR count). The van der Waals surface area contributed by atoms with E-state index in [1.54, 1.807) is 24.3 Å². The van der Waals surface area contributed by atoms with E-state index < -0.39 is 20.0 Å². The van der Waals surface area contributed by atoms with Gasteiger partial charge in [0.25, 0.3) is 10.0 Å². The van der Waals surface area contributed by atoms with Gasteiger partial charge in [0, 0.05) is 11.9 Å². The second kappa shape index (κ2) is 7.99. The monoisotopic (exact) mass is 417 g/mol. The lowest BCUT2D eigenvalue weighted by Gasteiger charge is -2.10. The first-order valence-electron chi connectivity index (χ1n) is 8.32. The van der Waals surface area contributed by atoms with Crippen LogP contribution in [0.5, 0.6) is 0 Å². The van der Waals surface area contributed by atoms with Crippen molar-refractivity contribution in [1.29, 1.82) is 0 Å². The summed E-state index contributed by atoms with van der Waals surface area (Å²) in [5.74, 6) is -0.171. The number of sulfonamides is 2. The molecular formula is C19H19N3O4S2. The molecule has 0 aliphatic rings. The third-order valence-corrected chi connectivity index (χ3v) is 6.49. The molecule has 1 heterocycles. The molecule has 1 aromatic heterocycles. The van der Waals surface area contributed by atoms with Crippen LogP contribution >= 0.6 is 0 Å². The highest BCUT2D eigenvalue weighted by Gasteiger charge is 2.16. The minimum absolute atomic E-state index is 0.0119. The number of pyridine rings is 1. The van der Waals surface area contributed by atoms with Crippen LogP contribution in [0.4, 0.5) is 11.4 Å². The molecule has 2 N–H and O–H groups in total. The van der Waals surface area contributed by atoms with Crippen molar-refractivity contribution in [2.45, 2.75) is 17.6 Å². The van der Waals surface area contributed by atoms with Crippen LogP contribution in [-0.2, 0) is 25.8 Å². The van der Waals surface area contributed by atoms with E-state index in [-0.39, 0.29) is 16.3 Å². The maximum atomic E-state index is 12.4. The molecule has 0 fully saturated rings. The van der Waals surface area contributed by atoms with Gasteiger partial charge in [0.2, 0.25) is 10.0 Å². The van der Waals surface area contributed by atoms with Crippen molar-refractivity contribution >= 4 is 31.4 Å². The smallest absolute Gasteiger partial charge is 0.261 e. The van der Waals surface area contributed by atoms with Gasteiger partial charge in [-0.2, -0.15) is 0 Å². The number of aromatic nitrogens is 1. The summed E-state index contributed by atoms with van der Waals surface area (Å²) in [6, 6.07) is 15.9. The van der Waals surface area contributed by atoms with Crippen LogP contribution in [0.1, 0.15) is 11.1 Å². The number of hydrogen-bond donors (Lipinski definition) is 2. The highest BCUT2D eigenvalue weighted by atomic mass is 32.2. The molecule has 0 aliphatic heterocycles. The van der Waals surface area contributed by atoms with Gasteiger partial charge in [-0.1, -0.05) is 29.8 Å². The van der Waals surface area contributed by atoms with Crippen molar-refractivity contribution in [3.63, 3.8) is 0 Å². The molecule has 0 radical (unpaired) electrons. The fraction of sp³-hybridized carbons (Fsp3) is 0.105. The lowest BCUT2D eigenvalue weighted by Crippen LogP contribution is -2.16. The molecule has 0 atom stereocenters. The van der Waals surface area contributed by atoms with E-state index in [0.29, 0.717) is 11.3 Å². The zero-order valence-corrected chi connectivity index (χ0v) is 16.7. The Balaban J connectivity index is 1.70. The average molecular weight is 418 g/mol. The van der Waals surface area contributed by atoms with Gasteiger partial charge in [0.1, 0.15) is 0 Å². The molecule has 0 saturated heterocycles. The molecule has 0 bridgehead atoms. The predicted molar refractivity (Wildman–Crippen MR) is 109 cm³/mol. The van der Waals surface area contributed by atoms with Gasteiger partial charge in [-0.3, -0.25) is 14.4 Å². The number of aryl methyl sites for hydroxylation is 1. The second-order valence-corrected chi connectivity index (χ2v) is 9.62. The molecule has 0 aliphatic carbocycles. The average Bonchev–Trinajstić information content (AvgIpc) is 2.64. The Bertz CT molecular complexity index is 1140. The summed E-state index contributed by atoms with van der Waals surface area (Å²) in [7, 11) is -7.41. The minimum Gasteiger partial charge on any atom is -0.283 e. The Morgan fingerprint density at radius 3 is 2.11 bits per heavy atom. The van der Waals surface area contributed by atoms with E-state index >= 15 is 0 Å². The first-order valence-corrected chi connectivity index (χ1v) is 11.5. The molecule has 28 heavy (non-hydrogen) atoms. The number of nitrogens with one attached hydrogen (secondary N) is 2. The maximum absolute atomic E-state index is 12.4. The normalized spacial score (nSPS) is 11.8. The highest BCUT2D eigenvalue weighted by Crippen LogP contribution is 2.19. The minimum atomic E-state index is -3.79. The largest absolute Gasteiger partial charge is 0.283 e. The van der Waals surface area contributed by atoms with Gasteiger partial charge in [0.15, 0.2) is 0 Å². The van der Waals surface area contributed by atoms with Crippen LogP contribution in [0.25, 0.3) is 0 Å². The van der Waals surface area contributed by atoms with Gasteiger partial charge >= 0.3 is 0 Å². The Labute approximate surface area is 164 Å². The fourth-order valence-electron chi connectivity index (χ4n) is 2.46. The van der Waals surface area contributed by atoms with Gasteiger partial charge < -0.3 is 0 Å². The van der Waals surface area contributed by atoms with Crippen LogP contribution in [0.3, 0.4) is 0 Å². The number of rotatable bonds is 7. The van der Waals surface area contributed by atoms with E-state index in [1.807, 2.05) is 19.1 Å². The van der Waals surface area contributed by atoms with E-state index in [9.17, 15) is 16.8 Å². The number of benzene rings is 2. The molecule has 0 spiro atoms. The van der Waals surface area contributed by atoms with Crippen LogP contribution in [-0.4, -0.2) is 21.8 Å². The van der Waals surface area contributed by atoms with Gasteiger partial charge in [-0.15, -0.1) is 0 Å². The maximum Gasteiger partial charge on any atom is 0.261 e. The molecule has 146 valence electrons. The van der Waals surface area contributed by atoms with E-state index in [4.69, 9.17) is 0 Å². The number of nitrogens with zero attached hydrogens (tertiary/aromatic N) is 1. The lowest BCUT2D eigenvalue weighted by atomic mass is 10.2. The first-order chi connectivity index (χ1) is 13.2. The van der Waals surface area contributed by atoms with Gasteiger partial charge in [-0.05, 0) is 48.9 Å². The van der Waals surface area contributed by atoms with Crippen molar-refractivity contribution in [3.05, 3.63) is 84.2 Å². The van der Waals surface area contributed by atoms with Crippen LogP contribution in [0.15, 0.2) is 78.0 Å². The van der Waals surface area contributed by atoms with Crippen molar-refractivity contribution in [2.24, 2.45) is 0 Å². The molecule has 9 heteroatoms. The third-order valence-electron chi connectivity index (χ3n) is 3.83. The van der Waals surface area contributed by atoms with Crippen molar-refractivity contribution < 1.29 is 16.8 Å². The molecule has 7 nitrogen and oxygen atoms in total. The number of hydrogen-bond acceptors (Lipinski definition) is 5. The van der Waals surface area contributed by atoms with Crippen LogP contribution in [0.2, 0.25) is 0 Å². The summed E-state index contributed by atoms with van der Waals surface area (Å²) < 4.78 is 54.3. The predicted octanol–water partition coefficient (Wildman–Crippen LogP) is 3.13. The Kier molecular flexibility index (Phi) is 5.66. The molecule has 3 aromatic rings. The molecule has 0 unspecified atom stereocenters. The molecule has 0 saturated carbocycles. The fourth-order valence-corrected chi connectivity index (χ4v) is 4.70.